The number of hydrogen-bond donors (Lipinski definition) is 0. The minimum Gasteiger partial charge on any atom is -0.217 e. The smallest absolute Gasteiger partial charge is 0.217 e. The average Bonchev–Trinajstić information content (AvgIpc) is 2.20. The van der Waals surface area contributed by atoms with Crippen molar-refractivity contribution < 1.29 is 64.8 Å². The third-order valence-corrected chi connectivity index (χ3v) is 20.6. The minimum atomic E-state index is -8.09. The normalized spacial score (nSPS) is 16.6. The monoisotopic (exact) mass is 484 g/mol. The van der Waals surface area contributed by atoms with Crippen LogP contribution in [0.1, 0.15) is 0 Å². The second-order valence-electron chi connectivity index (χ2n) is 5.65. The molecule has 0 aromatic carbocycles. The topological polar surface area (TPSA) is 102 Å². The molecule has 0 aromatic heterocycles. The standard InChI is InChI=1S/C7H9F9O6S3Si/c1-26(2,3)7(23(17,18)4(8,9)10,24(19,20)5(11,12)13)25(21,22)6(14,15)16/h1-3H3. The van der Waals surface area contributed by atoms with E-state index in [-0.39, 0.29) is 19.6 Å². The lowest BCUT2D eigenvalue weighted by Gasteiger charge is -2.41. The van der Waals surface area contributed by atoms with E-state index < -0.39 is 57.1 Å². The van der Waals surface area contributed by atoms with E-state index in [1.165, 1.54) is 0 Å². The first-order valence-corrected chi connectivity index (χ1v) is 13.6. The Morgan fingerprint density at radius 3 is 0.731 bits per heavy atom. The molecular formula is C7H9F9O6S3Si. The predicted octanol–water partition coefficient (Wildman–Crippen LogP) is 2.32. The van der Waals surface area contributed by atoms with Crippen molar-refractivity contribution in [1.82, 2.24) is 0 Å². The van der Waals surface area contributed by atoms with Crippen LogP contribution in [0.2, 0.25) is 19.6 Å². The Hall–Kier alpha value is -0.563. The zero-order valence-corrected chi connectivity index (χ0v) is 16.0. The van der Waals surface area contributed by atoms with Crippen LogP contribution in [0.3, 0.4) is 0 Å². The molecule has 0 aromatic rings. The molecule has 19 heteroatoms. The highest BCUT2D eigenvalue weighted by molar-refractivity contribution is 8.29. The van der Waals surface area contributed by atoms with Gasteiger partial charge < -0.3 is 0 Å². The summed E-state index contributed by atoms with van der Waals surface area (Å²) in [5.74, 6) is 0. The second kappa shape index (κ2) is 5.97. The SMILES string of the molecule is C[Si](C)(C)C(S(=O)(=O)C(F)(F)F)(S(=O)(=O)C(F)(F)F)S(=O)(=O)C(F)(F)F. The van der Waals surface area contributed by atoms with Crippen LogP contribution in [0.25, 0.3) is 0 Å². The van der Waals surface area contributed by atoms with Gasteiger partial charge in [-0.2, -0.15) is 39.5 Å². The van der Waals surface area contributed by atoms with Crippen molar-refractivity contribution in [3.8, 4) is 0 Å². The first-order valence-electron chi connectivity index (χ1n) is 5.68. The Balaban J connectivity index is 8.24. The summed E-state index contributed by atoms with van der Waals surface area (Å²) in [5.41, 5.74) is -21.2. The third-order valence-electron chi connectivity index (χ3n) is 2.89. The molecule has 6 nitrogen and oxygen atoms in total. The summed E-state index contributed by atoms with van der Waals surface area (Å²) in [6, 6.07) is 0. The van der Waals surface area contributed by atoms with E-state index >= 15 is 0 Å². The minimum absolute atomic E-state index is 0.00285. The van der Waals surface area contributed by atoms with Crippen molar-refractivity contribution in [3.63, 3.8) is 0 Å². The summed E-state index contributed by atoms with van der Waals surface area (Å²) in [7, 11) is -29.9. The molecule has 0 saturated heterocycles. The Kier molecular flexibility index (Phi) is 5.84. The number of hydrogen-bond acceptors (Lipinski definition) is 6. The molecule has 26 heavy (non-hydrogen) atoms. The van der Waals surface area contributed by atoms with Gasteiger partial charge in [0.05, 0.1) is 0 Å². The van der Waals surface area contributed by atoms with Gasteiger partial charge in [-0.15, -0.1) is 0 Å². The van der Waals surface area contributed by atoms with Crippen molar-refractivity contribution in [2.24, 2.45) is 0 Å². The van der Waals surface area contributed by atoms with Gasteiger partial charge >= 0.3 is 16.5 Å². The molecule has 0 unspecified atom stereocenters. The number of halogens is 9. The van der Waals surface area contributed by atoms with E-state index in [0.717, 1.165) is 0 Å². The summed E-state index contributed by atoms with van der Waals surface area (Å²) in [6.45, 7) is 0.00854. The molecule has 0 N–H and O–H groups in total. The van der Waals surface area contributed by atoms with E-state index in [1.54, 1.807) is 0 Å². The zero-order chi connectivity index (χ0) is 22.0. The van der Waals surface area contributed by atoms with Crippen LogP contribution in [-0.2, 0) is 29.5 Å². The molecule has 0 amide bonds. The summed E-state index contributed by atoms with van der Waals surface area (Å²) in [5, 5.41) is 0. The second-order valence-corrected chi connectivity index (χ2v) is 19.0. The molecule has 0 bridgehead atoms. The molecule has 158 valence electrons. The van der Waals surface area contributed by atoms with Crippen molar-refractivity contribution in [2.45, 2.75) is 39.2 Å². The Morgan fingerprint density at radius 2 is 0.654 bits per heavy atom. The molecule has 0 fully saturated rings. The summed E-state index contributed by atoms with van der Waals surface area (Å²) in [6.07, 6.45) is 0. The highest BCUT2D eigenvalue weighted by atomic mass is 32.3. The zero-order valence-electron chi connectivity index (χ0n) is 12.6. The van der Waals surface area contributed by atoms with E-state index in [2.05, 4.69) is 0 Å². The molecule has 0 radical (unpaired) electrons. The van der Waals surface area contributed by atoms with Crippen LogP contribution in [0.4, 0.5) is 39.5 Å². The van der Waals surface area contributed by atoms with Gasteiger partial charge in [0.25, 0.3) is 32.5 Å². The van der Waals surface area contributed by atoms with Crippen LogP contribution in [0.15, 0.2) is 0 Å². The fraction of sp³-hybridized carbons (Fsp3) is 1.00. The van der Waals surface area contributed by atoms with Crippen molar-refractivity contribution >= 4 is 37.6 Å². The van der Waals surface area contributed by atoms with Crippen LogP contribution in [0, 0.1) is 0 Å². The average molecular weight is 484 g/mol. The van der Waals surface area contributed by atoms with Gasteiger partial charge in [-0.05, 0) is 0 Å². The van der Waals surface area contributed by atoms with Gasteiger partial charge in [0, 0.05) is 0 Å². The molecule has 0 heterocycles. The summed E-state index contributed by atoms with van der Waals surface area (Å²) >= 11 is 0. The Morgan fingerprint density at radius 1 is 0.500 bits per heavy atom. The highest BCUT2D eigenvalue weighted by Gasteiger charge is 2.87. The fourth-order valence-corrected chi connectivity index (χ4v) is 18.9. The highest BCUT2D eigenvalue weighted by Crippen LogP contribution is 2.54. The van der Waals surface area contributed by atoms with Crippen molar-refractivity contribution in [2.75, 3.05) is 0 Å². The molecular weight excluding hydrogens is 475 g/mol. The molecule has 0 aliphatic heterocycles. The van der Waals surface area contributed by atoms with Crippen LogP contribution < -0.4 is 0 Å². The number of alkyl halides is 9. The lowest BCUT2D eigenvalue weighted by molar-refractivity contribution is -0.0500. The molecule has 0 aliphatic carbocycles. The molecule has 0 spiro atoms. The third kappa shape index (κ3) is 3.03. The largest absolute Gasteiger partial charge is 0.499 e. The van der Waals surface area contributed by atoms with Gasteiger partial charge in [0.1, 0.15) is 8.07 Å². The lowest BCUT2D eigenvalue weighted by Crippen LogP contribution is -2.73. The quantitative estimate of drug-likeness (QED) is 0.448. The van der Waals surface area contributed by atoms with Gasteiger partial charge in [0.2, 0.25) is 0 Å². The maximum absolute atomic E-state index is 12.9. The Labute approximate surface area is 142 Å². The van der Waals surface area contributed by atoms with Crippen LogP contribution >= 0.6 is 0 Å². The first kappa shape index (κ1) is 25.4. The van der Waals surface area contributed by atoms with E-state index in [4.69, 9.17) is 0 Å². The van der Waals surface area contributed by atoms with Crippen molar-refractivity contribution in [1.29, 1.82) is 0 Å². The molecule has 0 rings (SSSR count). The molecule has 0 atom stereocenters. The van der Waals surface area contributed by atoms with Crippen LogP contribution in [0.5, 0.6) is 0 Å². The number of rotatable bonds is 4. The van der Waals surface area contributed by atoms with Gasteiger partial charge in [-0.1, -0.05) is 19.6 Å². The van der Waals surface area contributed by atoms with Gasteiger partial charge in [-0.25, -0.2) is 25.3 Å². The maximum atomic E-state index is 12.9. The molecule has 0 aliphatic rings. The maximum Gasteiger partial charge on any atom is 0.499 e. The van der Waals surface area contributed by atoms with E-state index in [0.29, 0.717) is 0 Å². The number of sulfone groups is 3. The van der Waals surface area contributed by atoms with Gasteiger partial charge in [-0.3, -0.25) is 0 Å². The summed E-state index contributed by atoms with van der Waals surface area (Å²) in [4.78, 5) is 0. The van der Waals surface area contributed by atoms with Crippen molar-refractivity contribution in [3.05, 3.63) is 0 Å². The fourth-order valence-electron chi connectivity index (χ4n) is 2.10. The van der Waals surface area contributed by atoms with E-state index in [1.807, 2.05) is 0 Å². The first-order chi connectivity index (χ1) is 10.8. The predicted molar refractivity (Wildman–Crippen MR) is 71.0 cm³/mol. The lowest BCUT2D eigenvalue weighted by atomic mass is 11.5. The molecule has 0 saturated carbocycles. The van der Waals surface area contributed by atoms with Gasteiger partial charge in [0.15, 0.2) is 0 Å². The van der Waals surface area contributed by atoms with Crippen LogP contribution in [-0.4, -0.2) is 52.9 Å². The van der Waals surface area contributed by atoms with E-state index in [9.17, 15) is 64.8 Å². The Bertz CT molecular complexity index is 763. The summed E-state index contributed by atoms with van der Waals surface area (Å²) < 4.78 is 180.